The van der Waals surface area contributed by atoms with Gasteiger partial charge >= 0.3 is 18.4 Å². The second-order valence-electron chi connectivity index (χ2n) is 2.40. The fraction of sp³-hybridized carbons (Fsp3) is 1.00. The monoisotopic (exact) mass is 192 g/mol. The van der Waals surface area contributed by atoms with Crippen LogP contribution in [0, 0.1) is 30.3 Å². The van der Waals surface area contributed by atoms with Crippen molar-refractivity contribution in [3.63, 3.8) is 0 Å². The highest BCUT2D eigenvalue weighted by molar-refractivity contribution is 4.85. The van der Waals surface area contributed by atoms with Crippen LogP contribution in [0.5, 0.6) is 0 Å². The first-order valence-corrected chi connectivity index (χ1v) is 3.11. The summed E-state index contributed by atoms with van der Waals surface area (Å²) in [6.07, 6.45) is -3.32. The number of nitrogens with one attached hydrogen (secondary N) is 1. The number of rotatable bonds is 3. The number of nitro groups is 3. The largest absolute Gasteiger partial charge is 0.373 e. The van der Waals surface area contributed by atoms with Gasteiger partial charge in [-0.1, -0.05) is 0 Å². The number of nitrogens with zero attached hydrogens (tertiary/aromatic N) is 3. The molecule has 10 heteroatoms. The molecule has 0 spiro atoms. The zero-order valence-electron chi connectivity index (χ0n) is 6.02. The molecule has 2 unspecified atom stereocenters. The first kappa shape index (κ1) is 9.25. The molecule has 0 bridgehead atoms. The van der Waals surface area contributed by atoms with Crippen molar-refractivity contribution in [1.29, 1.82) is 0 Å². The van der Waals surface area contributed by atoms with Crippen molar-refractivity contribution in [2.24, 2.45) is 0 Å². The van der Waals surface area contributed by atoms with E-state index in [1.807, 2.05) is 5.32 Å². The summed E-state index contributed by atoms with van der Waals surface area (Å²) in [6, 6.07) is -1.79. The highest BCUT2D eigenvalue weighted by atomic mass is 16.7. The summed E-state index contributed by atoms with van der Waals surface area (Å²) >= 11 is 0. The lowest BCUT2D eigenvalue weighted by Gasteiger charge is -2.26. The second-order valence-corrected chi connectivity index (χ2v) is 2.40. The molecule has 0 aromatic rings. The molecule has 13 heavy (non-hydrogen) atoms. The lowest BCUT2D eigenvalue weighted by molar-refractivity contribution is -0.714. The van der Waals surface area contributed by atoms with Gasteiger partial charge in [-0.25, -0.2) is 0 Å². The Hall–Kier alpha value is -1.84. The molecule has 2 atom stereocenters. The van der Waals surface area contributed by atoms with Crippen molar-refractivity contribution < 1.29 is 14.8 Å². The van der Waals surface area contributed by atoms with Gasteiger partial charge in [-0.3, -0.25) is 30.3 Å². The summed E-state index contributed by atoms with van der Waals surface area (Å²) in [5.41, 5.74) is 0. The standard InChI is InChI=1S/C3H4N4O6/c8-5(9)1-2(6(10)11)4-3(1)7(12)13/h1-4H. The lowest BCUT2D eigenvalue weighted by atomic mass is 10.1. The Morgan fingerprint density at radius 2 is 1.23 bits per heavy atom. The van der Waals surface area contributed by atoms with Crippen LogP contribution in [0.4, 0.5) is 0 Å². The van der Waals surface area contributed by atoms with Crippen molar-refractivity contribution in [1.82, 2.24) is 5.32 Å². The maximum atomic E-state index is 10.2. The minimum Gasteiger partial charge on any atom is -0.264 e. The molecule has 0 aliphatic carbocycles. The Balaban J connectivity index is 2.74. The van der Waals surface area contributed by atoms with Crippen LogP contribution in [0.25, 0.3) is 0 Å². The predicted octanol–water partition coefficient (Wildman–Crippen LogP) is -1.56. The van der Waals surface area contributed by atoms with E-state index in [0.717, 1.165) is 0 Å². The third kappa shape index (κ3) is 1.38. The average molecular weight is 192 g/mol. The first-order valence-electron chi connectivity index (χ1n) is 3.11. The Morgan fingerprint density at radius 3 is 1.46 bits per heavy atom. The van der Waals surface area contributed by atoms with E-state index in [4.69, 9.17) is 0 Å². The molecule has 1 rings (SSSR count). The minimum absolute atomic E-state index is 0.951. The van der Waals surface area contributed by atoms with Crippen LogP contribution in [0.15, 0.2) is 0 Å². The van der Waals surface area contributed by atoms with Gasteiger partial charge in [0, 0.05) is 14.8 Å². The third-order valence-electron chi connectivity index (χ3n) is 1.69. The molecule has 1 aliphatic heterocycles. The Bertz CT molecular complexity index is 257. The van der Waals surface area contributed by atoms with Gasteiger partial charge in [0.25, 0.3) is 0 Å². The minimum atomic E-state index is -1.79. The van der Waals surface area contributed by atoms with Crippen LogP contribution in [-0.2, 0) is 0 Å². The fourth-order valence-electron chi connectivity index (χ4n) is 1.03. The zero-order chi connectivity index (χ0) is 10.2. The molecular weight excluding hydrogens is 188 g/mol. The highest BCUT2D eigenvalue weighted by Gasteiger charge is 2.65. The number of hydrogen-bond donors (Lipinski definition) is 1. The van der Waals surface area contributed by atoms with E-state index in [-0.39, 0.29) is 0 Å². The maximum absolute atomic E-state index is 10.2. The molecule has 1 fully saturated rings. The normalized spacial score (nSPS) is 31.8. The summed E-state index contributed by atoms with van der Waals surface area (Å²) in [7, 11) is 0. The molecular formula is C3H4N4O6. The molecule has 1 heterocycles. The van der Waals surface area contributed by atoms with Crippen molar-refractivity contribution in [2.75, 3.05) is 0 Å². The summed E-state index contributed by atoms with van der Waals surface area (Å²) in [5.74, 6) is 0. The molecule has 0 saturated carbocycles. The zero-order valence-corrected chi connectivity index (χ0v) is 6.02. The molecule has 0 radical (unpaired) electrons. The average Bonchev–Trinajstić information content (AvgIpc) is 1.79. The van der Waals surface area contributed by atoms with Crippen LogP contribution in [0.3, 0.4) is 0 Å². The van der Waals surface area contributed by atoms with Gasteiger partial charge in [-0.05, 0) is 0 Å². The Kier molecular flexibility index (Phi) is 2.06. The van der Waals surface area contributed by atoms with Crippen molar-refractivity contribution in [3.05, 3.63) is 30.3 Å². The smallest absolute Gasteiger partial charge is 0.264 e. The van der Waals surface area contributed by atoms with Crippen molar-refractivity contribution in [3.8, 4) is 0 Å². The molecule has 0 aromatic carbocycles. The highest BCUT2D eigenvalue weighted by Crippen LogP contribution is 2.16. The van der Waals surface area contributed by atoms with Crippen LogP contribution in [-0.4, -0.2) is 33.1 Å². The SMILES string of the molecule is O=[N+]([O-])C1NC([N+](=O)[O-])C1[N+](=O)[O-]. The molecule has 72 valence electrons. The predicted molar refractivity (Wildman–Crippen MR) is 35.5 cm³/mol. The van der Waals surface area contributed by atoms with Gasteiger partial charge in [-0.15, -0.1) is 0 Å². The summed E-state index contributed by atoms with van der Waals surface area (Å²) in [4.78, 5) is 27.4. The molecule has 0 aromatic heterocycles. The van der Waals surface area contributed by atoms with Crippen LogP contribution >= 0.6 is 0 Å². The van der Waals surface area contributed by atoms with Crippen LogP contribution in [0.1, 0.15) is 0 Å². The first-order chi connectivity index (χ1) is 5.95. The molecule has 10 nitrogen and oxygen atoms in total. The van der Waals surface area contributed by atoms with Gasteiger partial charge in [0.2, 0.25) is 0 Å². The molecule has 0 amide bonds. The van der Waals surface area contributed by atoms with E-state index in [1.54, 1.807) is 0 Å². The van der Waals surface area contributed by atoms with Gasteiger partial charge < -0.3 is 0 Å². The van der Waals surface area contributed by atoms with Gasteiger partial charge in [0.1, 0.15) is 0 Å². The fourth-order valence-corrected chi connectivity index (χ4v) is 1.03. The quantitative estimate of drug-likeness (QED) is 0.420. The van der Waals surface area contributed by atoms with Crippen molar-refractivity contribution in [2.45, 2.75) is 18.4 Å². The Labute approximate surface area is 70.0 Å². The molecule has 1 N–H and O–H groups in total. The van der Waals surface area contributed by atoms with E-state index in [1.165, 1.54) is 0 Å². The van der Waals surface area contributed by atoms with Gasteiger partial charge in [-0.2, -0.15) is 5.32 Å². The topological polar surface area (TPSA) is 141 Å². The van der Waals surface area contributed by atoms with Gasteiger partial charge in [0.15, 0.2) is 0 Å². The second kappa shape index (κ2) is 2.90. The third-order valence-corrected chi connectivity index (χ3v) is 1.69. The Morgan fingerprint density at radius 1 is 0.846 bits per heavy atom. The van der Waals surface area contributed by atoms with E-state index in [0.29, 0.717) is 0 Å². The van der Waals surface area contributed by atoms with E-state index >= 15 is 0 Å². The summed E-state index contributed by atoms with van der Waals surface area (Å²) in [5, 5.41) is 32.2. The summed E-state index contributed by atoms with van der Waals surface area (Å²) in [6.45, 7) is 0. The maximum Gasteiger partial charge on any atom is 0.373 e. The summed E-state index contributed by atoms with van der Waals surface area (Å²) < 4.78 is 0. The number of hydrogen-bond acceptors (Lipinski definition) is 7. The van der Waals surface area contributed by atoms with E-state index < -0.39 is 33.1 Å². The molecule has 1 aliphatic rings. The van der Waals surface area contributed by atoms with Crippen LogP contribution in [0.2, 0.25) is 0 Å². The lowest BCUT2D eigenvalue weighted by Crippen LogP contribution is -2.73. The molecule has 1 saturated heterocycles. The van der Waals surface area contributed by atoms with E-state index in [9.17, 15) is 30.3 Å². The van der Waals surface area contributed by atoms with Crippen molar-refractivity contribution >= 4 is 0 Å². The van der Waals surface area contributed by atoms with Crippen LogP contribution < -0.4 is 5.32 Å². The van der Waals surface area contributed by atoms with E-state index in [2.05, 4.69) is 0 Å². The van der Waals surface area contributed by atoms with Gasteiger partial charge in [0.05, 0.1) is 0 Å².